The minimum absolute atomic E-state index is 0.248. The Morgan fingerprint density at radius 2 is 1.88 bits per heavy atom. The summed E-state index contributed by atoms with van der Waals surface area (Å²) in [7, 11) is 0. The van der Waals surface area contributed by atoms with Crippen molar-refractivity contribution < 1.29 is 4.74 Å². The highest BCUT2D eigenvalue weighted by Crippen LogP contribution is 2.32. The molecule has 0 amide bonds. The van der Waals surface area contributed by atoms with Crippen LogP contribution < -0.4 is 0 Å². The molecule has 0 radical (unpaired) electrons. The first kappa shape index (κ1) is 11.2. The van der Waals surface area contributed by atoms with Crippen LogP contribution in [0.15, 0.2) is 42.5 Å². The molecule has 1 saturated heterocycles. The summed E-state index contributed by atoms with van der Waals surface area (Å²) in [5, 5.41) is 2.59. The molecule has 17 heavy (non-hydrogen) atoms. The molecule has 1 aliphatic rings. The Balaban J connectivity index is 1.94. The van der Waals surface area contributed by atoms with Gasteiger partial charge in [0.2, 0.25) is 0 Å². The Bertz CT molecular complexity index is 523. The summed E-state index contributed by atoms with van der Waals surface area (Å²) in [6, 6.07) is 15.1. The fourth-order valence-corrected chi connectivity index (χ4v) is 2.92. The van der Waals surface area contributed by atoms with Gasteiger partial charge < -0.3 is 4.74 Å². The average molecular weight is 291 g/mol. The van der Waals surface area contributed by atoms with Crippen molar-refractivity contribution in [2.75, 3.05) is 6.61 Å². The van der Waals surface area contributed by atoms with Crippen LogP contribution in [0.1, 0.15) is 24.5 Å². The van der Waals surface area contributed by atoms with Gasteiger partial charge >= 0.3 is 0 Å². The van der Waals surface area contributed by atoms with Crippen molar-refractivity contribution in [3.8, 4) is 0 Å². The standard InChI is InChI=1S/C15H15BrO/c16-14-7-8-17-15(10-14)13-6-5-11-3-1-2-4-12(11)9-13/h1-6,9,14-15H,7-8,10H2/t14-,15+/m1/s1. The predicted octanol–water partition coefficient (Wildman–Crippen LogP) is 4.45. The molecule has 0 aromatic heterocycles. The first-order chi connectivity index (χ1) is 8.33. The van der Waals surface area contributed by atoms with E-state index in [1.807, 2.05) is 0 Å². The molecule has 0 aliphatic carbocycles. The van der Waals surface area contributed by atoms with Crippen molar-refractivity contribution in [3.63, 3.8) is 0 Å². The first-order valence-electron chi connectivity index (χ1n) is 6.07. The second kappa shape index (κ2) is 4.79. The van der Waals surface area contributed by atoms with Crippen molar-refractivity contribution in [2.24, 2.45) is 0 Å². The summed E-state index contributed by atoms with van der Waals surface area (Å²) >= 11 is 3.70. The third kappa shape index (κ3) is 2.38. The molecule has 2 atom stereocenters. The van der Waals surface area contributed by atoms with Crippen molar-refractivity contribution in [3.05, 3.63) is 48.0 Å². The van der Waals surface area contributed by atoms with E-state index in [-0.39, 0.29) is 6.10 Å². The van der Waals surface area contributed by atoms with Crippen LogP contribution in [-0.2, 0) is 4.74 Å². The van der Waals surface area contributed by atoms with Gasteiger partial charge in [0.05, 0.1) is 6.10 Å². The molecule has 2 heteroatoms. The van der Waals surface area contributed by atoms with E-state index >= 15 is 0 Å². The summed E-state index contributed by atoms with van der Waals surface area (Å²) in [5.41, 5.74) is 1.30. The van der Waals surface area contributed by atoms with Crippen molar-refractivity contribution in [1.82, 2.24) is 0 Å². The van der Waals surface area contributed by atoms with Crippen LogP contribution in [0.5, 0.6) is 0 Å². The zero-order valence-electron chi connectivity index (χ0n) is 9.60. The van der Waals surface area contributed by atoms with Gasteiger partial charge in [0, 0.05) is 11.4 Å². The van der Waals surface area contributed by atoms with E-state index in [4.69, 9.17) is 4.74 Å². The van der Waals surface area contributed by atoms with E-state index in [9.17, 15) is 0 Å². The SMILES string of the molecule is Br[C@@H]1CCO[C@H](c2ccc3ccccc3c2)C1. The number of ether oxygens (including phenoxy) is 1. The second-order valence-electron chi connectivity index (χ2n) is 4.59. The molecule has 0 spiro atoms. The maximum absolute atomic E-state index is 5.85. The molecule has 3 rings (SSSR count). The van der Waals surface area contributed by atoms with Crippen LogP contribution >= 0.6 is 15.9 Å². The summed E-state index contributed by atoms with van der Waals surface area (Å²) in [4.78, 5) is 0.590. The third-order valence-corrected chi connectivity index (χ3v) is 4.20. The number of rotatable bonds is 1. The Labute approximate surface area is 110 Å². The van der Waals surface area contributed by atoms with Gasteiger partial charge in [-0.25, -0.2) is 0 Å². The number of halogens is 1. The monoisotopic (exact) mass is 290 g/mol. The van der Waals surface area contributed by atoms with Gasteiger partial charge in [0.1, 0.15) is 0 Å². The highest BCUT2D eigenvalue weighted by molar-refractivity contribution is 9.09. The van der Waals surface area contributed by atoms with Crippen LogP contribution in [0.3, 0.4) is 0 Å². The fraction of sp³-hybridized carbons (Fsp3) is 0.333. The topological polar surface area (TPSA) is 9.23 Å². The lowest BCUT2D eigenvalue weighted by Gasteiger charge is -2.26. The molecule has 2 aromatic rings. The molecule has 0 saturated carbocycles. The minimum Gasteiger partial charge on any atom is -0.373 e. The summed E-state index contributed by atoms with van der Waals surface area (Å²) in [6.07, 6.45) is 2.43. The van der Waals surface area contributed by atoms with Crippen molar-refractivity contribution in [2.45, 2.75) is 23.8 Å². The molecule has 1 fully saturated rings. The third-order valence-electron chi connectivity index (χ3n) is 3.37. The predicted molar refractivity (Wildman–Crippen MR) is 74.6 cm³/mol. The number of benzene rings is 2. The quantitative estimate of drug-likeness (QED) is 0.705. The first-order valence-corrected chi connectivity index (χ1v) is 6.99. The lowest BCUT2D eigenvalue weighted by molar-refractivity contribution is 0.0188. The minimum atomic E-state index is 0.248. The maximum atomic E-state index is 5.85. The second-order valence-corrected chi connectivity index (χ2v) is 5.88. The normalized spacial score (nSPS) is 25.0. The Morgan fingerprint density at radius 1 is 1.06 bits per heavy atom. The molecule has 1 nitrogen and oxygen atoms in total. The smallest absolute Gasteiger partial charge is 0.0835 e. The molecule has 0 N–H and O–H groups in total. The summed E-state index contributed by atoms with van der Waals surface area (Å²) in [5.74, 6) is 0. The van der Waals surface area contributed by atoms with Gasteiger partial charge in [-0.3, -0.25) is 0 Å². The number of fused-ring (bicyclic) bond motifs is 1. The fourth-order valence-electron chi connectivity index (χ4n) is 2.40. The van der Waals surface area contributed by atoms with Crippen LogP contribution in [0, 0.1) is 0 Å². The van der Waals surface area contributed by atoms with Gasteiger partial charge in [-0.05, 0) is 35.2 Å². The van der Waals surface area contributed by atoms with E-state index in [1.165, 1.54) is 16.3 Å². The van der Waals surface area contributed by atoms with E-state index in [0.717, 1.165) is 19.4 Å². The average Bonchev–Trinajstić information content (AvgIpc) is 2.38. The number of alkyl halides is 1. The van der Waals surface area contributed by atoms with Gasteiger partial charge in [0.25, 0.3) is 0 Å². The lowest BCUT2D eigenvalue weighted by atomic mass is 9.98. The van der Waals surface area contributed by atoms with Crippen LogP contribution in [0.2, 0.25) is 0 Å². The lowest BCUT2D eigenvalue weighted by Crippen LogP contribution is -2.19. The van der Waals surface area contributed by atoms with Gasteiger partial charge in [-0.2, -0.15) is 0 Å². The zero-order valence-corrected chi connectivity index (χ0v) is 11.2. The Hall–Kier alpha value is -0.860. The Kier molecular flexibility index (Phi) is 3.17. The highest BCUT2D eigenvalue weighted by Gasteiger charge is 2.21. The molecule has 1 heterocycles. The summed E-state index contributed by atoms with van der Waals surface area (Å²) in [6.45, 7) is 0.855. The number of hydrogen-bond acceptors (Lipinski definition) is 1. The molecule has 0 bridgehead atoms. The van der Waals surface area contributed by atoms with Crippen molar-refractivity contribution in [1.29, 1.82) is 0 Å². The van der Waals surface area contributed by atoms with E-state index < -0.39 is 0 Å². The van der Waals surface area contributed by atoms with Gasteiger partial charge in [0.15, 0.2) is 0 Å². The van der Waals surface area contributed by atoms with Crippen molar-refractivity contribution >= 4 is 26.7 Å². The van der Waals surface area contributed by atoms with E-state index in [0.29, 0.717) is 4.83 Å². The number of hydrogen-bond donors (Lipinski definition) is 0. The Morgan fingerprint density at radius 3 is 2.71 bits per heavy atom. The van der Waals surface area contributed by atoms with E-state index in [2.05, 4.69) is 58.4 Å². The molecule has 2 aromatic carbocycles. The summed E-state index contributed by atoms with van der Waals surface area (Å²) < 4.78 is 5.85. The van der Waals surface area contributed by atoms with Gasteiger partial charge in [-0.1, -0.05) is 52.3 Å². The molecule has 88 valence electrons. The maximum Gasteiger partial charge on any atom is 0.0835 e. The van der Waals surface area contributed by atoms with Crippen LogP contribution in [-0.4, -0.2) is 11.4 Å². The van der Waals surface area contributed by atoms with E-state index in [1.54, 1.807) is 0 Å². The zero-order chi connectivity index (χ0) is 11.7. The van der Waals surface area contributed by atoms with Crippen LogP contribution in [0.25, 0.3) is 10.8 Å². The molecular formula is C15H15BrO. The molecule has 0 unspecified atom stereocenters. The highest BCUT2D eigenvalue weighted by atomic mass is 79.9. The van der Waals surface area contributed by atoms with Gasteiger partial charge in [-0.15, -0.1) is 0 Å². The largest absolute Gasteiger partial charge is 0.373 e. The van der Waals surface area contributed by atoms with Crippen LogP contribution in [0.4, 0.5) is 0 Å². The molecule has 1 aliphatic heterocycles. The molecular weight excluding hydrogens is 276 g/mol.